The van der Waals surface area contributed by atoms with Crippen molar-refractivity contribution in [1.29, 1.82) is 0 Å². The largest absolute Gasteiger partial charge is 0.497 e. The molecule has 1 aromatic heterocycles. The van der Waals surface area contributed by atoms with Crippen LogP contribution in [-0.2, 0) is 0 Å². The lowest BCUT2D eigenvalue weighted by Crippen LogP contribution is -2.00. The minimum atomic E-state index is -3.03. The molecule has 0 saturated carbocycles. The number of nitrogens with zero attached hydrogens (tertiary/aromatic N) is 2. The number of rotatable bonds is 4. The van der Waals surface area contributed by atoms with Crippen LogP contribution >= 0.6 is 11.6 Å². The first-order valence-electron chi connectivity index (χ1n) is 5.40. The monoisotopic (exact) mass is 302 g/mol. The minimum absolute atomic E-state index is 0.352. The molecule has 0 unspecified atom stereocenters. The Morgan fingerprint density at radius 1 is 1.40 bits per heavy atom. The van der Waals surface area contributed by atoms with Crippen molar-refractivity contribution in [3.8, 4) is 11.4 Å². The zero-order chi connectivity index (χ0) is 14.9. The summed E-state index contributed by atoms with van der Waals surface area (Å²) in [6.07, 6.45) is -3.03. The van der Waals surface area contributed by atoms with Gasteiger partial charge >= 0.3 is 5.97 Å². The smallest absolute Gasteiger partial charge is 0.341 e. The fourth-order valence-electron chi connectivity index (χ4n) is 1.66. The van der Waals surface area contributed by atoms with Crippen molar-refractivity contribution in [2.45, 2.75) is 6.43 Å². The quantitative estimate of drug-likeness (QED) is 0.942. The second-order valence-electron chi connectivity index (χ2n) is 3.77. The van der Waals surface area contributed by atoms with Gasteiger partial charge in [-0.15, -0.1) is 0 Å². The molecule has 0 radical (unpaired) electrons. The molecule has 0 amide bonds. The molecule has 5 nitrogen and oxygen atoms in total. The molecule has 1 N–H and O–H groups in total. The van der Waals surface area contributed by atoms with E-state index >= 15 is 0 Å². The molecule has 1 heterocycles. The van der Waals surface area contributed by atoms with Crippen LogP contribution in [0.2, 0.25) is 5.15 Å². The summed E-state index contributed by atoms with van der Waals surface area (Å²) in [5.41, 5.74) is -1.21. The third-order valence-corrected chi connectivity index (χ3v) is 2.94. The van der Waals surface area contributed by atoms with Crippen LogP contribution in [0.1, 0.15) is 22.5 Å². The van der Waals surface area contributed by atoms with E-state index in [1.165, 1.54) is 19.2 Å². The second-order valence-corrected chi connectivity index (χ2v) is 4.12. The predicted molar refractivity (Wildman–Crippen MR) is 67.0 cm³/mol. The number of methoxy groups -OCH3 is 1. The van der Waals surface area contributed by atoms with Crippen molar-refractivity contribution in [3.05, 3.63) is 40.7 Å². The van der Waals surface area contributed by atoms with E-state index in [0.717, 1.165) is 4.68 Å². The number of aromatic carboxylic acids is 1. The van der Waals surface area contributed by atoms with Crippen LogP contribution in [0.15, 0.2) is 24.3 Å². The van der Waals surface area contributed by atoms with E-state index in [1.54, 1.807) is 12.1 Å². The average molecular weight is 303 g/mol. The normalized spacial score (nSPS) is 10.8. The molecule has 106 valence electrons. The number of ether oxygens (including phenoxy) is 1. The predicted octanol–water partition coefficient (Wildman–Crippen LogP) is 3.17. The summed E-state index contributed by atoms with van der Waals surface area (Å²) in [6, 6.07) is 6.21. The van der Waals surface area contributed by atoms with Gasteiger partial charge in [-0.25, -0.2) is 18.3 Å². The molecule has 20 heavy (non-hydrogen) atoms. The number of carboxylic acids is 1. The molecule has 0 aliphatic rings. The first-order chi connectivity index (χ1) is 9.45. The maximum atomic E-state index is 12.8. The molecule has 0 fully saturated rings. The van der Waals surface area contributed by atoms with Crippen molar-refractivity contribution in [1.82, 2.24) is 9.78 Å². The van der Waals surface area contributed by atoms with Crippen molar-refractivity contribution in [2.24, 2.45) is 0 Å². The number of aromatic nitrogens is 2. The number of alkyl halides is 2. The highest BCUT2D eigenvalue weighted by Gasteiger charge is 2.28. The number of carbonyl (C=O) groups is 1. The van der Waals surface area contributed by atoms with E-state index in [0.29, 0.717) is 11.4 Å². The van der Waals surface area contributed by atoms with E-state index in [1.807, 2.05) is 0 Å². The standard InChI is InChI=1S/C12H9ClF2N2O3/c1-20-7-4-2-6(3-5-7)17-10(13)8(12(18)19)9(16-17)11(14)15/h2-5,11H,1H3,(H,18,19). The number of hydrogen-bond acceptors (Lipinski definition) is 3. The van der Waals surface area contributed by atoms with E-state index in [2.05, 4.69) is 5.10 Å². The fourth-order valence-corrected chi connectivity index (χ4v) is 1.97. The van der Waals surface area contributed by atoms with Gasteiger partial charge in [0.25, 0.3) is 6.43 Å². The average Bonchev–Trinajstić information content (AvgIpc) is 2.77. The van der Waals surface area contributed by atoms with E-state index in [-0.39, 0.29) is 5.15 Å². The molecule has 0 aliphatic heterocycles. The molecule has 2 aromatic rings. The molecular weight excluding hydrogens is 294 g/mol. The maximum absolute atomic E-state index is 12.8. The minimum Gasteiger partial charge on any atom is -0.497 e. The Morgan fingerprint density at radius 2 is 2.00 bits per heavy atom. The van der Waals surface area contributed by atoms with Gasteiger partial charge in [-0.05, 0) is 24.3 Å². The Morgan fingerprint density at radius 3 is 2.40 bits per heavy atom. The van der Waals surface area contributed by atoms with Crippen LogP contribution in [0.4, 0.5) is 8.78 Å². The molecule has 0 saturated heterocycles. The van der Waals surface area contributed by atoms with Crippen LogP contribution < -0.4 is 4.74 Å². The van der Waals surface area contributed by atoms with Crippen LogP contribution in [0.25, 0.3) is 5.69 Å². The topological polar surface area (TPSA) is 64.4 Å². The highest BCUT2D eigenvalue weighted by molar-refractivity contribution is 6.33. The lowest BCUT2D eigenvalue weighted by Gasteiger charge is -2.04. The fraction of sp³-hybridized carbons (Fsp3) is 0.167. The number of benzene rings is 1. The summed E-state index contributed by atoms with van der Waals surface area (Å²) in [6.45, 7) is 0. The van der Waals surface area contributed by atoms with Crippen molar-refractivity contribution < 1.29 is 23.4 Å². The summed E-state index contributed by atoms with van der Waals surface area (Å²) < 4.78 is 31.5. The Bertz CT molecular complexity index is 641. The maximum Gasteiger partial charge on any atom is 0.341 e. The van der Waals surface area contributed by atoms with Gasteiger partial charge in [0.1, 0.15) is 22.2 Å². The number of halogens is 3. The SMILES string of the molecule is COc1ccc(-n2nc(C(F)F)c(C(=O)O)c2Cl)cc1. The van der Waals surface area contributed by atoms with E-state index in [4.69, 9.17) is 21.4 Å². The zero-order valence-corrected chi connectivity index (χ0v) is 10.9. The molecule has 8 heteroatoms. The van der Waals surface area contributed by atoms with Gasteiger partial charge in [-0.1, -0.05) is 11.6 Å². The summed E-state index contributed by atoms with van der Waals surface area (Å²) >= 11 is 5.83. The third kappa shape index (κ3) is 2.44. The summed E-state index contributed by atoms with van der Waals surface area (Å²) in [5.74, 6) is -0.991. The van der Waals surface area contributed by atoms with Gasteiger partial charge in [-0.2, -0.15) is 5.10 Å². The Labute approximate surface area is 117 Å². The Kier molecular flexibility index (Phi) is 3.89. The highest BCUT2D eigenvalue weighted by Crippen LogP contribution is 2.30. The van der Waals surface area contributed by atoms with Crippen molar-refractivity contribution in [2.75, 3.05) is 7.11 Å². The summed E-state index contributed by atoms with van der Waals surface area (Å²) in [5, 5.41) is 12.1. The molecule has 0 aliphatic carbocycles. The van der Waals surface area contributed by atoms with Gasteiger partial charge in [0.2, 0.25) is 0 Å². The first kappa shape index (κ1) is 14.3. The summed E-state index contributed by atoms with van der Waals surface area (Å²) in [4.78, 5) is 11.0. The van der Waals surface area contributed by atoms with Crippen molar-refractivity contribution in [3.63, 3.8) is 0 Å². The van der Waals surface area contributed by atoms with Gasteiger partial charge in [-0.3, -0.25) is 0 Å². The first-order valence-corrected chi connectivity index (χ1v) is 5.77. The molecule has 2 rings (SSSR count). The van der Waals surface area contributed by atoms with Gasteiger partial charge < -0.3 is 9.84 Å². The number of hydrogen-bond donors (Lipinski definition) is 1. The van der Waals surface area contributed by atoms with Gasteiger partial charge in [0, 0.05) is 0 Å². The number of carboxylic acid groups (broad SMARTS) is 1. The van der Waals surface area contributed by atoms with Crippen LogP contribution in [0, 0.1) is 0 Å². The van der Waals surface area contributed by atoms with Crippen molar-refractivity contribution >= 4 is 17.6 Å². The van der Waals surface area contributed by atoms with Gasteiger partial charge in [0.15, 0.2) is 0 Å². The molecule has 0 atom stereocenters. The second kappa shape index (κ2) is 5.46. The van der Waals surface area contributed by atoms with Crippen LogP contribution in [0.3, 0.4) is 0 Å². The molecule has 1 aromatic carbocycles. The van der Waals surface area contributed by atoms with E-state index in [9.17, 15) is 13.6 Å². The zero-order valence-electron chi connectivity index (χ0n) is 10.2. The molecule has 0 spiro atoms. The lowest BCUT2D eigenvalue weighted by atomic mass is 10.2. The summed E-state index contributed by atoms with van der Waals surface area (Å²) in [7, 11) is 1.48. The molecular formula is C12H9ClF2N2O3. The third-order valence-electron chi connectivity index (χ3n) is 2.59. The highest BCUT2D eigenvalue weighted by atomic mass is 35.5. The Balaban J connectivity index is 2.56. The molecule has 0 bridgehead atoms. The lowest BCUT2D eigenvalue weighted by molar-refractivity contribution is 0.0684. The van der Waals surface area contributed by atoms with E-state index < -0.39 is 23.7 Å². The Hall–Kier alpha value is -2.15. The van der Waals surface area contributed by atoms with Crippen LogP contribution in [-0.4, -0.2) is 28.0 Å². The van der Waals surface area contributed by atoms with Gasteiger partial charge in [0.05, 0.1) is 12.8 Å². The van der Waals surface area contributed by atoms with Crippen LogP contribution in [0.5, 0.6) is 5.75 Å².